The number of nitrogens with zero attached hydrogens (tertiary/aromatic N) is 1. The van der Waals surface area contributed by atoms with Crippen LogP contribution in [0.25, 0.3) is 0 Å². The molecule has 124 valence electrons. The van der Waals surface area contributed by atoms with Gasteiger partial charge in [-0.2, -0.15) is 5.26 Å². The highest BCUT2D eigenvalue weighted by Gasteiger charge is 2.33. The number of carbonyl (C=O) groups is 2. The number of rotatable bonds is 6. The van der Waals surface area contributed by atoms with Gasteiger partial charge >= 0.3 is 5.97 Å². The second-order valence-electron chi connectivity index (χ2n) is 6.58. The molecule has 0 aliphatic rings. The van der Waals surface area contributed by atoms with Crippen LogP contribution in [0, 0.1) is 17.2 Å². The molecule has 0 aromatic heterocycles. The lowest BCUT2D eigenvalue weighted by atomic mass is 9.85. The molecule has 0 aliphatic heterocycles. The molecule has 0 fully saturated rings. The van der Waals surface area contributed by atoms with Gasteiger partial charge < -0.3 is 10.1 Å². The first-order valence-electron chi connectivity index (χ1n) is 7.58. The zero-order chi connectivity index (χ0) is 17.7. The number of hydrogen-bond acceptors (Lipinski definition) is 4. The van der Waals surface area contributed by atoms with Crippen LogP contribution in [0.5, 0.6) is 0 Å². The highest BCUT2D eigenvalue weighted by Crippen LogP contribution is 2.24. The Morgan fingerprint density at radius 1 is 1.22 bits per heavy atom. The third kappa shape index (κ3) is 4.56. The molecule has 23 heavy (non-hydrogen) atoms. The first-order valence-corrected chi connectivity index (χ1v) is 7.58. The Kier molecular flexibility index (Phi) is 5.91. The molecule has 5 heteroatoms. The Labute approximate surface area is 137 Å². The van der Waals surface area contributed by atoms with Crippen LogP contribution in [0.2, 0.25) is 0 Å². The van der Waals surface area contributed by atoms with Gasteiger partial charge in [-0.1, -0.05) is 44.2 Å². The van der Waals surface area contributed by atoms with Crippen LogP contribution in [0.1, 0.15) is 40.2 Å². The van der Waals surface area contributed by atoms with Crippen LogP contribution < -0.4 is 5.32 Å². The summed E-state index contributed by atoms with van der Waals surface area (Å²) in [4.78, 5) is 24.2. The summed E-state index contributed by atoms with van der Waals surface area (Å²) in [6, 6.07) is 11.3. The zero-order valence-corrected chi connectivity index (χ0v) is 14.3. The highest BCUT2D eigenvalue weighted by molar-refractivity contribution is 5.86. The van der Waals surface area contributed by atoms with E-state index in [1.165, 1.54) is 0 Å². The van der Waals surface area contributed by atoms with Gasteiger partial charge in [-0.3, -0.25) is 9.59 Å². The molecular weight excluding hydrogens is 292 g/mol. The summed E-state index contributed by atoms with van der Waals surface area (Å²) >= 11 is 0. The van der Waals surface area contributed by atoms with Crippen LogP contribution in [0.3, 0.4) is 0 Å². The number of amides is 1. The van der Waals surface area contributed by atoms with Crippen LogP contribution in [-0.2, 0) is 19.7 Å². The van der Waals surface area contributed by atoms with Gasteiger partial charge in [0.05, 0.1) is 11.5 Å². The SMILES string of the molecule is CC(C)[C@@](C)(C#N)NC(=O)COC(=O)C(C)(C)c1ccccc1. The molecule has 0 bridgehead atoms. The fourth-order valence-electron chi connectivity index (χ4n) is 1.91. The van der Waals surface area contributed by atoms with Crippen molar-refractivity contribution in [2.24, 2.45) is 5.92 Å². The molecule has 0 saturated heterocycles. The standard InChI is InChI=1S/C18H24N2O3/c1-13(2)18(5,12-19)20-15(21)11-23-16(22)17(3,4)14-9-7-6-8-10-14/h6-10,13H,11H2,1-5H3,(H,20,21)/t18-/m1/s1. The smallest absolute Gasteiger partial charge is 0.316 e. The van der Waals surface area contributed by atoms with E-state index in [9.17, 15) is 14.9 Å². The van der Waals surface area contributed by atoms with Crippen LogP contribution >= 0.6 is 0 Å². The van der Waals surface area contributed by atoms with Gasteiger partial charge in [0.1, 0.15) is 5.54 Å². The van der Waals surface area contributed by atoms with E-state index in [1.807, 2.05) is 44.2 Å². The number of benzene rings is 1. The number of nitrogens with one attached hydrogen (secondary N) is 1. The first kappa shape index (κ1) is 18.7. The molecule has 1 aromatic rings. The minimum Gasteiger partial charge on any atom is -0.455 e. The van der Waals surface area contributed by atoms with Gasteiger partial charge in [0, 0.05) is 0 Å². The highest BCUT2D eigenvalue weighted by atomic mass is 16.5. The van der Waals surface area contributed by atoms with Crippen molar-refractivity contribution in [1.29, 1.82) is 5.26 Å². The topological polar surface area (TPSA) is 79.2 Å². The number of hydrogen-bond donors (Lipinski definition) is 1. The summed E-state index contributed by atoms with van der Waals surface area (Å²) in [5.74, 6) is -1.03. The van der Waals surface area contributed by atoms with Gasteiger partial charge in [-0.05, 0) is 32.3 Å². The predicted molar refractivity (Wildman–Crippen MR) is 87.4 cm³/mol. The fourth-order valence-corrected chi connectivity index (χ4v) is 1.91. The second kappa shape index (κ2) is 7.28. The molecule has 0 saturated carbocycles. The summed E-state index contributed by atoms with van der Waals surface area (Å²) in [7, 11) is 0. The molecule has 0 radical (unpaired) electrons. The maximum Gasteiger partial charge on any atom is 0.316 e. The lowest BCUT2D eigenvalue weighted by Crippen LogP contribution is -2.50. The molecule has 1 amide bonds. The third-order valence-electron chi connectivity index (χ3n) is 4.13. The van der Waals surface area contributed by atoms with E-state index < -0.39 is 29.4 Å². The quantitative estimate of drug-likeness (QED) is 0.818. The predicted octanol–water partition coefficient (Wildman–Crippen LogP) is 2.56. The largest absolute Gasteiger partial charge is 0.455 e. The molecule has 1 atom stereocenters. The summed E-state index contributed by atoms with van der Waals surface area (Å²) in [5, 5.41) is 11.8. The minimum absolute atomic E-state index is 0.0621. The molecule has 0 unspecified atom stereocenters. The molecule has 0 aliphatic carbocycles. The normalized spacial score (nSPS) is 13.8. The van der Waals surface area contributed by atoms with E-state index in [2.05, 4.69) is 11.4 Å². The first-order chi connectivity index (χ1) is 10.6. The van der Waals surface area contributed by atoms with Crippen molar-refractivity contribution in [3.8, 4) is 6.07 Å². The van der Waals surface area contributed by atoms with Crippen molar-refractivity contribution >= 4 is 11.9 Å². The van der Waals surface area contributed by atoms with Gasteiger partial charge in [0.2, 0.25) is 0 Å². The molecule has 0 heterocycles. The van der Waals surface area contributed by atoms with Crippen molar-refractivity contribution in [3.05, 3.63) is 35.9 Å². The van der Waals surface area contributed by atoms with Crippen molar-refractivity contribution < 1.29 is 14.3 Å². The summed E-state index contributed by atoms with van der Waals surface area (Å²) in [5.41, 5.74) is -1.02. The van der Waals surface area contributed by atoms with Gasteiger partial charge in [-0.15, -0.1) is 0 Å². The maximum atomic E-state index is 12.3. The molecule has 5 nitrogen and oxygen atoms in total. The molecule has 1 rings (SSSR count). The van der Waals surface area contributed by atoms with Crippen LogP contribution in [0.15, 0.2) is 30.3 Å². The van der Waals surface area contributed by atoms with Crippen LogP contribution in [-0.4, -0.2) is 24.0 Å². The van der Waals surface area contributed by atoms with Gasteiger partial charge in [0.15, 0.2) is 6.61 Å². The van der Waals surface area contributed by atoms with E-state index in [0.717, 1.165) is 5.56 Å². The number of nitriles is 1. The summed E-state index contributed by atoms with van der Waals surface area (Å²) in [6.07, 6.45) is 0. The van der Waals surface area contributed by atoms with E-state index >= 15 is 0 Å². The van der Waals surface area contributed by atoms with Crippen molar-refractivity contribution in [1.82, 2.24) is 5.32 Å². The Hall–Kier alpha value is -2.35. The van der Waals surface area contributed by atoms with Crippen molar-refractivity contribution in [2.75, 3.05) is 6.61 Å². The third-order valence-corrected chi connectivity index (χ3v) is 4.13. The van der Waals surface area contributed by atoms with E-state index in [-0.39, 0.29) is 5.92 Å². The number of ether oxygens (including phenoxy) is 1. The molecule has 0 spiro atoms. The summed E-state index contributed by atoms with van der Waals surface area (Å²) < 4.78 is 5.13. The lowest BCUT2D eigenvalue weighted by Gasteiger charge is -2.28. The molecule has 1 N–H and O–H groups in total. The van der Waals surface area contributed by atoms with E-state index in [0.29, 0.717) is 0 Å². The van der Waals surface area contributed by atoms with Gasteiger partial charge in [0.25, 0.3) is 5.91 Å². The Morgan fingerprint density at radius 2 is 1.78 bits per heavy atom. The Balaban J connectivity index is 2.66. The van der Waals surface area contributed by atoms with Crippen molar-refractivity contribution in [3.63, 3.8) is 0 Å². The lowest BCUT2D eigenvalue weighted by molar-refractivity contribution is -0.153. The molecular formula is C18H24N2O3. The van der Waals surface area contributed by atoms with Crippen molar-refractivity contribution in [2.45, 2.75) is 45.6 Å². The number of carbonyl (C=O) groups excluding carboxylic acids is 2. The summed E-state index contributed by atoms with van der Waals surface area (Å²) in [6.45, 7) is 8.42. The average Bonchev–Trinajstić information content (AvgIpc) is 2.52. The molecule has 1 aromatic carbocycles. The van der Waals surface area contributed by atoms with E-state index in [1.54, 1.807) is 20.8 Å². The fraction of sp³-hybridized carbons (Fsp3) is 0.500. The second-order valence-corrected chi connectivity index (χ2v) is 6.58. The average molecular weight is 316 g/mol. The van der Waals surface area contributed by atoms with Gasteiger partial charge in [-0.25, -0.2) is 0 Å². The van der Waals surface area contributed by atoms with E-state index in [4.69, 9.17) is 4.74 Å². The Morgan fingerprint density at radius 3 is 2.26 bits per heavy atom. The minimum atomic E-state index is -0.988. The zero-order valence-electron chi connectivity index (χ0n) is 14.3. The maximum absolute atomic E-state index is 12.3. The monoisotopic (exact) mass is 316 g/mol. The Bertz CT molecular complexity index is 602. The van der Waals surface area contributed by atoms with Crippen LogP contribution in [0.4, 0.5) is 0 Å². The number of esters is 1.